The maximum atomic E-state index is 13.0. The first kappa shape index (κ1) is 24.7. The fourth-order valence-corrected chi connectivity index (χ4v) is 3.75. The van der Waals surface area contributed by atoms with Gasteiger partial charge in [0.15, 0.2) is 0 Å². The van der Waals surface area contributed by atoms with Crippen LogP contribution in [0, 0.1) is 21.4 Å². The van der Waals surface area contributed by atoms with Gasteiger partial charge in [0, 0.05) is 39.1 Å². The van der Waals surface area contributed by atoms with Crippen molar-refractivity contribution in [1.29, 1.82) is 5.26 Å². The molecular weight excluding hydrogens is 482 g/mol. The molecule has 3 aromatic heterocycles. The molecule has 0 saturated heterocycles. The van der Waals surface area contributed by atoms with Gasteiger partial charge in [0.05, 0.1) is 45.9 Å². The Labute approximate surface area is 209 Å². The summed E-state index contributed by atoms with van der Waals surface area (Å²) in [7, 11) is 3.26. The Morgan fingerprint density at radius 3 is 2.62 bits per heavy atom. The van der Waals surface area contributed by atoms with Crippen LogP contribution in [0.15, 0.2) is 48.9 Å². The summed E-state index contributed by atoms with van der Waals surface area (Å²) < 4.78 is 3.99. The summed E-state index contributed by atoms with van der Waals surface area (Å²) in [6.45, 7) is 0.175. The average Bonchev–Trinajstić information content (AvgIpc) is 3.55. The summed E-state index contributed by atoms with van der Waals surface area (Å²) in [6, 6.07) is 8.63. The first-order valence-corrected chi connectivity index (χ1v) is 10.9. The van der Waals surface area contributed by atoms with E-state index in [2.05, 4.69) is 21.0 Å². The molecule has 3 amide bonds. The van der Waals surface area contributed by atoms with Crippen LogP contribution in [0.4, 0.5) is 21.9 Å². The largest absolute Gasteiger partial charge is 0.350 e. The second-order valence-corrected chi connectivity index (χ2v) is 8.00. The minimum atomic E-state index is -0.678. The number of non-ortho nitro benzene ring substituents is 1. The predicted octanol–water partition coefficient (Wildman–Crippen LogP) is 2.60. The van der Waals surface area contributed by atoms with E-state index in [0.717, 1.165) is 4.68 Å². The van der Waals surface area contributed by atoms with Gasteiger partial charge in [-0.15, -0.1) is 0 Å². The SMILES string of the molecule is Cn1cc(NC(=O)n2cc3c([N+](=O)[O-])cccc3n2)cc1C(=O)Nc1ccn(C)c1C(=O)NCCC#N. The summed E-state index contributed by atoms with van der Waals surface area (Å²) in [5, 5.41) is 32.1. The molecule has 4 aromatic rings. The van der Waals surface area contributed by atoms with Gasteiger partial charge in [-0.1, -0.05) is 6.07 Å². The molecule has 0 saturated carbocycles. The number of aryl methyl sites for hydroxylation is 2. The van der Waals surface area contributed by atoms with E-state index < -0.39 is 22.8 Å². The van der Waals surface area contributed by atoms with Crippen LogP contribution in [-0.4, -0.2) is 48.2 Å². The van der Waals surface area contributed by atoms with Gasteiger partial charge in [-0.2, -0.15) is 15.0 Å². The molecule has 0 radical (unpaired) electrons. The number of nitrogens with one attached hydrogen (secondary N) is 3. The summed E-state index contributed by atoms with van der Waals surface area (Å²) in [5.74, 6) is -0.967. The van der Waals surface area contributed by atoms with Crippen molar-refractivity contribution in [3.63, 3.8) is 0 Å². The number of hydrogen-bond donors (Lipinski definition) is 3. The van der Waals surface area contributed by atoms with Crippen LogP contribution in [-0.2, 0) is 14.1 Å². The van der Waals surface area contributed by atoms with Crippen LogP contribution in [0.3, 0.4) is 0 Å². The molecule has 0 aliphatic carbocycles. The molecular formula is C23H21N9O5. The van der Waals surface area contributed by atoms with Crippen molar-refractivity contribution < 1.29 is 19.3 Å². The molecule has 37 heavy (non-hydrogen) atoms. The van der Waals surface area contributed by atoms with Crippen molar-refractivity contribution in [3.8, 4) is 6.07 Å². The van der Waals surface area contributed by atoms with E-state index in [9.17, 15) is 24.5 Å². The molecule has 14 nitrogen and oxygen atoms in total. The summed E-state index contributed by atoms with van der Waals surface area (Å²) in [4.78, 5) is 48.9. The molecule has 0 bridgehead atoms. The second-order valence-electron chi connectivity index (χ2n) is 8.00. The van der Waals surface area contributed by atoms with Crippen molar-refractivity contribution in [3.05, 3.63) is 70.4 Å². The number of carbonyl (C=O) groups excluding carboxylic acids is 3. The van der Waals surface area contributed by atoms with Crippen LogP contribution in [0.25, 0.3) is 10.9 Å². The maximum Gasteiger partial charge on any atom is 0.346 e. The number of carbonyl (C=O) groups is 3. The molecule has 3 heterocycles. The number of nitrogens with zero attached hydrogens (tertiary/aromatic N) is 6. The molecule has 4 rings (SSSR count). The Morgan fingerprint density at radius 2 is 1.89 bits per heavy atom. The number of nitro groups is 1. The monoisotopic (exact) mass is 503 g/mol. The molecule has 14 heteroatoms. The lowest BCUT2D eigenvalue weighted by Gasteiger charge is -2.09. The van der Waals surface area contributed by atoms with E-state index in [1.807, 2.05) is 6.07 Å². The smallest absolute Gasteiger partial charge is 0.346 e. The topological polar surface area (TPSA) is 182 Å². The number of fused-ring (bicyclic) bond motifs is 1. The Balaban J connectivity index is 1.49. The van der Waals surface area contributed by atoms with Gasteiger partial charge >= 0.3 is 6.03 Å². The molecule has 3 N–H and O–H groups in total. The molecule has 1 aromatic carbocycles. The first-order valence-electron chi connectivity index (χ1n) is 10.9. The maximum absolute atomic E-state index is 13.0. The highest BCUT2D eigenvalue weighted by atomic mass is 16.6. The first-order chi connectivity index (χ1) is 17.7. The quantitative estimate of drug-likeness (QED) is 0.197. The number of rotatable bonds is 7. The van der Waals surface area contributed by atoms with E-state index in [1.54, 1.807) is 37.0 Å². The zero-order valence-corrected chi connectivity index (χ0v) is 19.8. The van der Waals surface area contributed by atoms with Gasteiger partial charge in [-0.25, -0.2) is 4.79 Å². The van der Waals surface area contributed by atoms with E-state index in [4.69, 9.17) is 5.26 Å². The average molecular weight is 503 g/mol. The van der Waals surface area contributed by atoms with Crippen LogP contribution in [0.1, 0.15) is 27.4 Å². The summed E-state index contributed by atoms with van der Waals surface area (Å²) in [5.41, 5.74) is 1.08. The van der Waals surface area contributed by atoms with Gasteiger partial charge in [-0.3, -0.25) is 19.7 Å². The highest BCUT2D eigenvalue weighted by molar-refractivity contribution is 6.08. The van der Waals surface area contributed by atoms with E-state index in [1.165, 1.54) is 35.2 Å². The number of nitro benzene ring substituents is 1. The van der Waals surface area contributed by atoms with Gasteiger partial charge in [0.1, 0.15) is 11.4 Å². The van der Waals surface area contributed by atoms with Gasteiger partial charge in [0.25, 0.3) is 17.5 Å². The number of amides is 3. The lowest BCUT2D eigenvalue weighted by atomic mass is 10.2. The zero-order valence-electron chi connectivity index (χ0n) is 19.8. The van der Waals surface area contributed by atoms with E-state index in [0.29, 0.717) is 0 Å². The Morgan fingerprint density at radius 1 is 1.11 bits per heavy atom. The Kier molecular flexibility index (Phi) is 6.69. The molecule has 0 aliphatic heterocycles. The molecule has 188 valence electrons. The van der Waals surface area contributed by atoms with Gasteiger partial charge in [0.2, 0.25) is 0 Å². The second kappa shape index (κ2) is 10.0. The van der Waals surface area contributed by atoms with Crippen molar-refractivity contribution in [2.45, 2.75) is 6.42 Å². The lowest BCUT2D eigenvalue weighted by Crippen LogP contribution is -2.27. The number of anilines is 2. The van der Waals surface area contributed by atoms with Crippen molar-refractivity contribution in [1.82, 2.24) is 24.2 Å². The predicted molar refractivity (Wildman–Crippen MR) is 132 cm³/mol. The third-order valence-electron chi connectivity index (χ3n) is 5.48. The number of aromatic nitrogens is 4. The minimum Gasteiger partial charge on any atom is -0.350 e. The van der Waals surface area contributed by atoms with Gasteiger partial charge in [-0.05, 0) is 18.2 Å². The molecule has 0 unspecified atom stereocenters. The Hall–Kier alpha value is -5.45. The summed E-state index contributed by atoms with van der Waals surface area (Å²) >= 11 is 0. The lowest BCUT2D eigenvalue weighted by molar-refractivity contribution is -0.383. The zero-order chi connectivity index (χ0) is 26.7. The fraction of sp³-hybridized carbons (Fsp3) is 0.174. The number of benzene rings is 1. The van der Waals surface area contributed by atoms with E-state index >= 15 is 0 Å². The third kappa shape index (κ3) is 5.00. The standard InChI is InChI=1S/C23H21N9O5/c1-29-10-7-17(20(29)22(34)25-9-4-8-24)27-21(33)19-11-14(12-30(19)2)26-23(35)31-13-15-16(28-31)5-3-6-18(15)32(36)37/h3,5-7,10-13H,4,9H2,1-2H3,(H,25,34)(H,26,35)(H,27,33). The van der Waals surface area contributed by atoms with Crippen LogP contribution >= 0.6 is 0 Å². The molecule has 0 aliphatic rings. The number of hydrogen-bond acceptors (Lipinski definition) is 7. The summed E-state index contributed by atoms with van der Waals surface area (Å²) in [6.07, 6.45) is 4.54. The highest BCUT2D eigenvalue weighted by Crippen LogP contribution is 2.24. The fourth-order valence-electron chi connectivity index (χ4n) is 3.75. The van der Waals surface area contributed by atoms with Crippen molar-refractivity contribution in [2.75, 3.05) is 17.2 Å². The van der Waals surface area contributed by atoms with Crippen molar-refractivity contribution >= 4 is 45.8 Å². The third-order valence-corrected chi connectivity index (χ3v) is 5.48. The highest BCUT2D eigenvalue weighted by Gasteiger charge is 2.21. The van der Waals surface area contributed by atoms with Crippen LogP contribution < -0.4 is 16.0 Å². The molecule has 0 spiro atoms. The van der Waals surface area contributed by atoms with Gasteiger partial charge < -0.3 is 25.1 Å². The molecule has 0 fully saturated rings. The molecule has 0 atom stereocenters. The van der Waals surface area contributed by atoms with E-state index in [-0.39, 0.29) is 52.3 Å². The van der Waals surface area contributed by atoms with Crippen LogP contribution in [0.5, 0.6) is 0 Å². The number of nitriles is 1. The normalized spacial score (nSPS) is 10.6. The van der Waals surface area contributed by atoms with Crippen LogP contribution in [0.2, 0.25) is 0 Å². The van der Waals surface area contributed by atoms with Crippen molar-refractivity contribution in [2.24, 2.45) is 14.1 Å². The minimum absolute atomic E-state index is 0.154. The Bertz CT molecular complexity index is 1590.